The van der Waals surface area contributed by atoms with Gasteiger partial charge in [-0.25, -0.2) is 4.79 Å². The summed E-state index contributed by atoms with van der Waals surface area (Å²) in [4.78, 5) is 41.9. The van der Waals surface area contributed by atoms with Crippen LogP contribution in [0.25, 0.3) is 0 Å². The third kappa shape index (κ3) is 4.67. The van der Waals surface area contributed by atoms with Crippen LogP contribution in [0.3, 0.4) is 0 Å². The van der Waals surface area contributed by atoms with E-state index < -0.39 is 18.1 Å². The van der Waals surface area contributed by atoms with Crippen molar-refractivity contribution in [3.8, 4) is 0 Å². The van der Waals surface area contributed by atoms with Crippen molar-refractivity contribution < 1.29 is 23.9 Å². The van der Waals surface area contributed by atoms with Gasteiger partial charge in [0, 0.05) is 6.04 Å². The zero-order valence-electron chi connectivity index (χ0n) is 18.0. The fourth-order valence-electron chi connectivity index (χ4n) is 4.78. The highest BCUT2D eigenvalue weighted by atomic mass is 16.5. The molecular weight excluding hydrogens is 360 g/mol. The number of fused-ring (bicyclic) bond motifs is 1. The number of likely N-dealkylation sites (N-methyl/N-ethyl adjacent to an activating group) is 1. The van der Waals surface area contributed by atoms with Gasteiger partial charge in [-0.05, 0) is 52.5 Å². The van der Waals surface area contributed by atoms with Crippen LogP contribution in [0, 0.1) is 5.92 Å². The van der Waals surface area contributed by atoms with Gasteiger partial charge in [0.15, 0.2) is 0 Å². The van der Waals surface area contributed by atoms with Gasteiger partial charge in [-0.2, -0.15) is 0 Å². The minimum absolute atomic E-state index is 0.0911. The van der Waals surface area contributed by atoms with Crippen molar-refractivity contribution in [2.45, 2.75) is 89.9 Å². The minimum atomic E-state index is -0.520. The maximum Gasteiger partial charge on any atom is 0.328 e. The molecule has 1 saturated heterocycles. The molecule has 0 aromatic carbocycles. The topological polar surface area (TPSA) is 76.2 Å². The van der Waals surface area contributed by atoms with E-state index in [1.165, 1.54) is 7.11 Å². The van der Waals surface area contributed by atoms with E-state index in [-0.39, 0.29) is 23.9 Å². The average Bonchev–Trinajstić information content (AvgIpc) is 3.09. The zero-order valence-corrected chi connectivity index (χ0v) is 18.0. The summed E-state index contributed by atoms with van der Waals surface area (Å²) < 4.78 is 10.2. The number of hydrogen-bond acceptors (Lipinski definition) is 6. The Morgan fingerprint density at radius 3 is 2.46 bits per heavy atom. The highest BCUT2D eigenvalue weighted by molar-refractivity contribution is 5.89. The van der Waals surface area contributed by atoms with Crippen LogP contribution in [-0.4, -0.2) is 72.6 Å². The van der Waals surface area contributed by atoms with E-state index >= 15 is 0 Å². The molecule has 28 heavy (non-hydrogen) atoms. The summed E-state index contributed by atoms with van der Waals surface area (Å²) in [7, 11) is 3.17. The number of carbonyl (C=O) groups excluding carboxylic acids is 3. The Balaban J connectivity index is 2.21. The quantitative estimate of drug-likeness (QED) is 0.586. The Hall–Kier alpha value is -1.63. The summed E-state index contributed by atoms with van der Waals surface area (Å²) in [6.45, 7) is 5.92. The first-order chi connectivity index (χ1) is 13.4. The van der Waals surface area contributed by atoms with E-state index in [4.69, 9.17) is 9.47 Å². The van der Waals surface area contributed by atoms with Crippen LogP contribution in [0.1, 0.15) is 65.7 Å². The average molecular weight is 397 g/mol. The molecule has 0 aromatic rings. The van der Waals surface area contributed by atoms with Crippen molar-refractivity contribution in [3.63, 3.8) is 0 Å². The highest BCUT2D eigenvalue weighted by Gasteiger charge is 2.49. The molecule has 1 amide bonds. The van der Waals surface area contributed by atoms with E-state index in [0.29, 0.717) is 25.4 Å². The number of esters is 2. The van der Waals surface area contributed by atoms with Gasteiger partial charge >= 0.3 is 11.9 Å². The Bertz CT molecular complexity index is 567. The lowest BCUT2D eigenvalue weighted by molar-refractivity contribution is -0.157. The molecule has 0 radical (unpaired) electrons. The van der Waals surface area contributed by atoms with Crippen LogP contribution in [0.4, 0.5) is 0 Å². The van der Waals surface area contributed by atoms with Crippen LogP contribution in [-0.2, 0) is 23.9 Å². The first-order valence-corrected chi connectivity index (χ1v) is 10.7. The SMILES string of the molecule is CCCC(C(=O)OCC)N(C)[C@H](C)C(=O)N1[C@@H](C(=O)OC)C[C@@H]2CCCC[C@@H]21. The standard InChI is InChI=1S/C21H36N2O5/c1-6-10-17(21(26)28-7-2)22(4)14(3)19(24)23-16-12-9-8-11-15(16)13-18(23)20(25)27-5/h14-18H,6-13H2,1-5H3/t14-,15+,16+,17?,18-/m1/s1. The van der Waals surface area contributed by atoms with Gasteiger partial charge in [-0.3, -0.25) is 14.5 Å². The molecular formula is C21H36N2O5. The van der Waals surface area contributed by atoms with E-state index in [0.717, 1.165) is 32.1 Å². The van der Waals surface area contributed by atoms with Gasteiger partial charge in [-0.15, -0.1) is 0 Å². The van der Waals surface area contributed by atoms with Gasteiger partial charge in [0.1, 0.15) is 12.1 Å². The van der Waals surface area contributed by atoms with Crippen molar-refractivity contribution in [3.05, 3.63) is 0 Å². The molecule has 7 nitrogen and oxygen atoms in total. The normalized spacial score (nSPS) is 26.5. The zero-order chi connectivity index (χ0) is 20.8. The fourth-order valence-corrected chi connectivity index (χ4v) is 4.78. The van der Waals surface area contributed by atoms with E-state index in [2.05, 4.69) is 0 Å². The minimum Gasteiger partial charge on any atom is -0.467 e. The maximum atomic E-state index is 13.5. The van der Waals surface area contributed by atoms with Gasteiger partial charge in [0.2, 0.25) is 5.91 Å². The smallest absolute Gasteiger partial charge is 0.328 e. The summed E-state index contributed by atoms with van der Waals surface area (Å²) in [5.74, 6) is -0.380. The molecule has 0 bridgehead atoms. The maximum absolute atomic E-state index is 13.5. The molecule has 5 atom stereocenters. The molecule has 1 saturated carbocycles. The molecule has 1 aliphatic heterocycles. The molecule has 0 aromatic heterocycles. The van der Waals surface area contributed by atoms with Crippen molar-refractivity contribution in [2.24, 2.45) is 5.92 Å². The second kappa shape index (κ2) is 10.2. The second-order valence-corrected chi connectivity index (χ2v) is 8.03. The number of likely N-dealkylation sites (tertiary alicyclic amines) is 1. The van der Waals surface area contributed by atoms with E-state index in [9.17, 15) is 14.4 Å². The largest absolute Gasteiger partial charge is 0.467 e. The summed E-state index contributed by atoms with van der Waals surface area (Å²) in [5.41, 5.74) is 0. The third-order valence-corrected chi connectivity index (χ3v) is 6.40. The first kappa shape index (κ1) is 22.7. The number of methoxy groups -OCH3 is 1. The molecule has 1 heterocycles. The number of nitrogens with zero attached hydrogens (tertiary/aromatic N) is 2. The molecule has 1 aliphatic carbocycles. The number of rotatable bonds is 8. The first-order valence-electron chi connectivity index (χ1n) is 10.7. The number of carbonyl (C=O) groups is 3. The monoisotopic (exact) mass is 396 g/mol. The molecule has 7 heteroatoms. The van der Waals surface area contributed by atoms with Crippen LogP contribution < -0.4 is 0 Å². The highest BCUT2D eigenvalue weighted by Crippen LogP contribution is 2.40. The molecule has 0 N–H and O–H groups in total. The molecule has 1 unspecified atom stereocenters. The third-order valence-electron chi connectivity index (χ3n) is 6.40. The Kier molecular flexibility index (Phi) is 8.28. The van der Waals surface area contributed by atoms with Gasteiger partial charge in [-0.1, -0.05) is 26.2 Å². The second-order valence-electron chi connectivity index (χ2n) is 8.03. The van der Waals surface area contributed by atoms with Gasteiger partial charge in [0.25, 0.3) is 0 Å². The van der Waals surface area contributed by atoms with Crippen LogP contribution in [0.15, 0.2) is 0 Å². The fraction of sp³-hybridized carbons (Fsp3) is 0.857. The molecule has 2 aliphatic rings. The van der Waals surface area contributed by atoms with Crippen molar-refractivity contribution in [1.29, 1.82) is 0 Å². The summed E-state index contributed by atoms with van der Waals surface area (Å²) in [5, 5.41) is 0. The molecule has 2 rings (SSSR count). The van der Waals surface area contributed by atoms with E-state index in [1.54, 1.807) is 23.8 Å². The lowest BCUT2D eigenvalue weighted by Crippen LogP contribution is -2.56. The molecule has 160 valence electrons. The summed E-state index contributed by atoms with van der Waals surface area (Å²) in [6.07, 6.45) is 6.31. The van der Waals surface area contributed by atoms with Gasteiger partial charge in [0.05, 0.1) is 19.8 Å². The van der Waals surface area contributed by atoms with Crippen molar-refractivity contribution >= 4 is 17.8 Å². The van der Waals surface area contributed by atoms with Gasteiger partial charge < -0.3 is 14.4 Å². The summed E-state index contributed by atoms with van der Waals surface area (Å²) in [6, 6.07) is -1.42. The summed E-state index contributed by atoms with van der Waals surface area (Å²) >= 11 is 0. The predicted octanol–water partition coefficient (Wildman–Crippen LogP) is 2.37. The van der Waals surface area contributed by atoms with E-state index in [1.807, 2.05) is 13.8 Å². The number of hydrogen-bond donors (Lipinski definition) is 0. The van der Waals surface area contributed by atoms with Crippen LogP contribution in [0.2, 0.25) is 0 Å². The van der Waals surface area contributed by atoms with Crippen LogP contribution in [0.5, 0.6) is 0 Å². The van der Waals surface area contributed by atoms with Crippen LogP contribution >= 0.6 is 0 Å². The Morgan fingerprint density at radius 2 is 1.86 bits per heavy atom. The molecule has 2 fully saturated rings. The molecule has 0 spiro atoms. The lowest BCUT2D eigenvalue weighted by Gasteiger charge is -2.38. The number of ether oxygens (including phenoxy) is 2. The van der Waals surface area contributed by atoms with Crippen molar-refractivity contribution in [2.75, 3.05) is 20.8 Å². The number of amides is 1. The Morgan fingerprint density at radius 1 is 1.18 bits per heavy atom. The predicted molar refractivity (Wildman–Crippen MR) is 106 cm³/mol. The van der Waals surface area contributed by atoms with Crippen molar-refractivity contribution in [1.82, 2.24) is 9.80 Å². The Labute approximate surface area is 168 Å². The lowest BCUT2D eigenvalue weighted by atomic mass is 9.84.